The summed E-state index contributed by atoms with van der Waals surface area (Å²) in [5, 5.41) is -0.163. The minimum Gasteiger partial charge on any atom is -0.455 e. The average molecular weight is 292 g/mol. The number of sulfone groups is 1. The number of hydrogen-bond acceptors (Lipinski definition) is 5. The zero-order valence-electron chi connectivity index (χ0n) is 10.5. The molecule has 0 aliphatic heterocycles. The van der Waals surface area contributed by atoms with E-state index in [1.165, 1.54) is 12.1 Å². The van der Waals surface area contributed by atoms with Crippen molar-refractivity contribution in [2.24, 2.45) is 0 Å². The van der Waals surface area contributed by atoms with Crippen molar-refractivity contribution in [3.05, 3.63) is 22.8 Å². The first-order valence-corrected chi connectivity index (χ1v) is 7.37. The molecule has 0 fully saturated rings. The number of carbonyl (C=O) groups is 1. The first kappa shape index (κ1) is 14.9. The Labute approximate surface area is 111 Å². The van der Waals surface area contributed by atoms with Crippen LogP contribution in [0.5, 0.6) is 0 Å². The third kappa shape index (κ3) is 3.96. The Morgan fingerprint density at radius 2 is 1.89 bits per heavy atom. The molecule has 100 valence electrons. The van der Waals surface area contributed by atoms with Crippen LogP contribution in [0.2, 0.25) is 5.02 Å². The quantitative estimate of drug-likeness (QED) is 0.780. The van der Waals surface area contributed by atoms with Crippen molar-refractivity contribution in [2.75, 3.05) is 6.26 Å². The Bertz CT molecular complexity index is 575. The number of ether oxygens (including phenoxy) is 1. The molecule has 0 saturated heterocycles. The fourth-order valence-corrected chi connectivity index (χ4v) is 1.86. The molecule has 5 nitrogen and oxygen atoms in total. The molecule has 0 radical (unpaired) electrons. The number of nitrogens with zero attached hydrogens (tertiary/aromatic N) is 1. The molecule has 0 aromatic carbocycles. The van der Waals surface area contributed by atoms with E-state index in [1.807, 2.05) is 0 Å². The number of hydrogen-bond donors (Lipinski definition) is 0. The summed E-state index contributed by atoms with van der Waals surface area (Å²) >= 11 is 5.81. The lowest BCUT2D eigenvalue weighted by Crippen LogP contribution is -2.25. The van der Waals surface area contributed by atoms with Crippen LogP contribution in [-0.2, 0) is 14.6 Å². The maximum Gasteiger partial charge on any atom is 0.359 e. The monoisotopic (exact) mass is 291 g/mol. The summed E-state index contributed by atoms with van der Waals surface area (Å²) < 4.78 is 27.8. The summed E-state index contributed by atoms with van der Waals surface area (Å²) in [4.78, 5) is 15.5. The highest BCUT2D eigenvalue weighted by molar-refractivity contribution is 7.90. The van der Waals surface area contributed by atoms with E-state index in [4.69, 9.17) is 16.3 Å². The number of halogens is 1. The van der Waals surface area contributed by atoms with Crippen LogP contribution in [0.3, 0.4) is 0 Å². The molecule has 1 heterocycles. The van der Waals surface area contributed by atoms with Gasteiger partial charge in [0.2, 0.25) is 0 Å². The van der Waals surface area contributed by atoms with Gasteiger partial charge in [-0.05, 0) is 32.9 Å². The molecule has 18 heavy (non-hydrogen) atoms. The standard InChI is InChI=1S/C11H14ClNO4S/c1-11(2,3)17-10(14)9-7(12)5-6-8(13-9)18(4,15)16/h5-6H,1-4H3. The maximum absolute atomic E-state index is 11.8. The predicted octanol–water partition coefficient (Wildman–Crippen LogP) is 2.09. The van der Waals surface area contributed by atoms with Crippen molar-refractivity contribution in [3.8, 4) is 0 Å². The zero-order chi connectivity index (χ0) is 14.1. The number of carbonyl (C=O) groups excluding carboxylic acids is 1. The van der Waals surface area contributed by atoms with E-state index in [9.17, 15) is 13.2 Å². The van der Waals surface area contributed by atoms with Crippen molar-refractivity contribution in [1.29, 1.82) is 0 Å². The van der Waals surface area contributed by atoms with Crippen LogP contribution in [0.25, 0.3) is 0 Å². The Balaban J connectivity index is 3.21. The van der Waals surface area contributed by atoms with Crippen LogP contribution in [0.15, 0.2) is 17.2 Å². The molecular formula is C11H14ClNO4S. The van der Waals surface area contributed by atoms with E-state index >= 15 is 0 Å². The molecule has 1 aromatic heterocycles. The van der Waals surface area contributed by atoms with Gasteiger partial charge in [0.25, 0.3) is 0 Å². The minimum atomic E-state index is -3.50. The SMILES string of the molecule is CC(C)(C)OC(=O)c1nc(S(C)(=O)=O)ccc1Cl. The topological polar surface area (TPSA) is 73.3 Å². The van der Waals surface area contributed by atoms with Gasteiger partial charge in [0.05, 0.1) is 5.02 Å². The van der Waals surface area contributed by atoms with Gasteiger partial charge in [-0.25, -0.2) is 18.2 Å². The van der Waals surface area contributed by atoms with E-state index in [0.29, 0.717) is 0 Å². The average Bonchev–Trinajstić information content (AvgIpc) is 2.13. The van der Waals surface area contributed by atoms with Crippen molar-refractivity contribution < 1.29 is 17.9 Å². The second-order valence-corrected chi connectivity index (χ2v) is 7.12. The van der Waals surface area contributed by atoms with Crippen LogP contribution in [-0.4, -0.2) is 31.2 Å². The first-order chi connectivity index (χ1) is 8.00. The van der Waals surface area contributed by atoms with Gasteiger partial charge >= 0.3 is 5.97 Å². The number of pyridine rings is 1. The second-order valence-electron chi connectivity index (χ2n) is 4.75. The third-order valence-corrected chi connectivity index (χ3v) is 3.08. The summed E-state index contributed by atoms with van der Waals surface area (Å²) in [6.07, 6.45) is 1.00. The van der Waals surface area contributed by atoms with E-state index in [1.54, 1.807) is 20.8 Å². The molecule has 1 aromatic rings. The molecule has 0 bridgehead atoms. The summed E-state index contributed by atoms with van der Waals surface area (Å²) in [7, 11) is -3.50. The van der Waals surface area contributed by atoms with Crippen LogP contribution in [0.1, 0.15) is 31.3 Å². The minimum absolute atomic E-state index is 0.0525. The summed E-state index contributed by atoms with van der Waals surface area (Å²) in [6.45, 7) is 5.08. The molecule has 0 N–H and O–H groups in total. The highest BCUT2D eigenvalue weighted by Gasteiger charge is 2.23. The molecule has 0 spiro atoms. The van der Waals surface area contributed by atoms with Crippen molar-refractivity contribution in [1.82, 2.24) is 4.98 Å². The van der Waals surface area contributed by atoms with Gasteiger partial charge in [-0.15, -0.1) is 0 Å². The van der Waals surface area contributed by atoms with Gasteiger partial charge < -0.3 is 4.74 Å². The van der Waals surface area contributed by atoms with Crippen LogP contribution in [0, 0.1) is 0 Å². The molecule has 7 heteroatoms. The predicted molar refractivity (Wildman–Crippen MR) is 67.5 cm³/mol. The smallest absolute Gasteiger partial charge is 0.359 e. The lowest BCUT2D eigenvalue weighted by molar-refractivity contribution is 0.00623. The zero-order valence-corrected chi connectivity index (χ0v) is 12.1. The molecule has 0 aliphatic carbocycles. The van der Waals surface area contributed by atoms with Gasteiger partial charge in [-0.1, -0.05) is 11.6 Å². The normalized spacial score (nSPS) is 12.3. The maximum atomic E-state index is 11.8. The van der Waals surface area contributed by atoms with Crippen molar-refractivity contribution >= 4 is 27.4 Å². The van der Waals surface area contributed by atoms with Gasteiger partial charge in [0.15, 0.2) is 20.6 Å². The van der Waals surface area contributed by atoms with E-state index in [0.717, 1.165) is 6.26 Å². The molecular weight excluding hydrogens is 278 g/mol. The Kier molecular flexibility index (Phi) is 4.02. The number of esters is 1. The highest BCUT2D eigenvalue weighted by atomic mass is 35.5. The summed E-state index contributed by atoms with van der Waals surface area (Å²) in [6, 6.07) is 2.55. The van der Waals surface area contributed by atoms with E-state index in [2.05, 4.69) is 4.98 Å². The molecule has 0 unspecified atom stereocenters. The summed E-state index contributed by atoms with van der Waals surface area (Å²) in [5.74, 6) is -0.752. The molecule has 0 saturated carbocycles. The second kappa shape index (κ2) is 4.85. The Morgan fingerprint density at radius 1 is 1.33 bits per heavy atom. The van der Waals surface area contributed by atoms with Crippen LogP contribution < -0.4 is 0 Å². The van der Waals surface area contributed by atoms with Gasteiger partial charge in [0, 0.05) is 6.26 Å². The number of rotatable bonds is 2. The molecule has 0 atom stereocenters. The molecule has 0 amide bonds. The van der Waals surface area contributed by atoms with Crippen LogP contribution in [0.4, 0.5) is 0 Å². The fraction of sp³-hybridized carbons (Fsp3) is 0.455. The first-order valence-electron chi connectivity index (χ1n) is 5.10. The summed E-state index contributed by atoms with van der Waals surface area (Å²) in [5.41, 5.74) is -0.905. The Morgan fingerprint density at radius 3 is 2.33 bits per heavy atom. The van der Waals surface area contributed by atoms with Crippen LogP contribution >= 0.6 is 11.6 Å². The van der Waals surface area contributed by atoms with E-state index < -0.39 is 21.4 Å². The van der Waals surface area contributed by atoms with Crippen molar-refractivity contribution in [2.45, 2.75) is 31.4 Å². The molecule has 0 aliphatic rings. The third-order valence-electron chi connectivity index (χ3n) is 1.79. The lowest BCUT2D eigenvalue weighted by atomic mass is 10.2. The number of aromatic nitrogens is 1. The largest absolute Gasteiger partial charge is 0.455 e. The fourth-order valence-electron chi connectivity index (χ4n) is 1.10. The highest BCUT2D eigenvalue weighted by Crippen LogP contribution is 2.20. The van der Waals surface area contributed by atoms with Gasteiger partial charge in [0.1, 0.15) is 5.60 Å². The lowest BCUT2D eigenvalue weighted by Gasteiger charge is -2.19. The van der Waals surface area contributed by atoms with Crippen molar-refractivity contribution in [3.63, 3.8) is 0 Å². The van der Waals surface area contributed by atoms with E-state index in [-0.39, 0.29) is 15.7 Å². The Hall–Kier alpha value is -1.14. The van der Waals surface area contributed by atoms with Gasteiger partial charge in [-0.2, -0.15) is 0 Å². The van der Waals surface area contributed by atoms with Gasteiger partial charge in [-0.3, -0.25) is 0 Å². The molecule has 1 rings (SSSR count).